The van der Waals surface area contributed by atoms with Crippen LogP contribution in [0, 0.1) is 12.8 Å². The molecule has 1 aromatic rings. The number of nitrogens with two attached hydrogens (primary N) is 1. The summed E-state index contributed by atoms with van der Waals surface area (Å²) in [5.41, 5.74) is 9.34. The third-order valence-corrected chi connectivity index (χ3v) is 3.79. The van der Waals surface area contributed by atoms with E-state index in [0.29, 0.717) is 11.0 Å². The summed E-state index contributed by atoms with van der Waals surface area (Å²) in [5, 5.41) is 0. The number of nitrogens with zero attached hydrogens (tertiary/aromatic N) is 1. The maximum Gasteiger partial charge on any atom is 0.106 e. The number of thiocarbonyl (C=S) groups is 1. The summed E-state index contributed by atoms with van der Waals surface area (Å²) in [6.45, 7) is 7.81. The maximum atomic E-state index is 5.84. The molecule has 2 nitrogen and oxygen atoms in total. The zero-order chi connectivity index (χ0) is 12.6. The van der Waals surface area contributed by atoms with E-state index in [4.69, 9.17) is 18.0 Å². The second-order valence-electron chi connectivity index (χ2n) is 5.18. The Hall–Kier alpha value is -1.09. The topological polar surface area (TPSA) is 29.3 Å². The molecule has 0 aliphatic carbocycles. The van der Waals surface area contributed by atoms with Crippen LogP contribution in [0.15, 0.2) is 18.2 Å². The van der Waals surface area contributed by atoms with Gasteiger partial charge in [-0.3, -0.25) is 0 Å². The smallest absolute Gasteiger partial charge is 0.106 e. The van der Waals surface area contributed by atoms with Crippen LogP contribution in [0.1, 0.15) is 31.4 Å². The van der Waals surface area contributed by atoms with E-state index in [1.54, 1.807) is 0 Å². The minimum absolute atomic E-state index is 0.496. The van der Waals surface area contributed by atoms with Crippen molar-refractivity contribution in [2.24, 2.45) is 11.7 Å². The molecule has 0 aromatic heterocycles. The van der Waals surface area contributed by atoms with E-state index in [2.05, 4.69) is 31.7 Å². The van der Waals surface area contributed by atoms with E-state index in [1.165, 1.54) is 17.7 Å². The number of benzene rings is 1. The van der Waals surface area contributed by atoms with Crippen LogP contribution in [0.25, 0.3) is 0 Å². The van der Waals surface area contributed by atoms with Gasteiger partial charge in [0.1, 0.15) is 4.99 Å². The zero-order valence-electron chi connectivity index (χ0n) is 10.7. The highest BCUT2D eigenvalue weighted by molar-refractivity contribution is 7.80. The van der Waals surface area contributed by atoms with Gasteiger partial charge in [0.2, 0.25) is 0 Å². The molecule has 0 radical (unpaired) electrons. The zero-order valence-corrected chi connectivity index (χ0v) is 11.6. The number of anilines is 1. The van der Waals surface area contributed by atoms with E-state index >= 15 is 0 Å². The van der Waals surface area contributed by atoms with Gasteiger partial charge in [-0.2, -0.15) is 0 Å². The monoisotopic (exact) mass is 248 g/mol. The average molecular weight is 248 g/mol. The normalized spacial score (nSPS) is 24.1. The SMILES string of the molecule is Cc1cccc(C(N)=S)c1N1CC(C)CC1C. The van der Waals surface area contributed by atoms with E-state index in [0.717, 1.165) is 18.0 Å². The molecule has 1 fully saturated rings. The summed E-state index contributed by atoms with van der Waals surface area (Å²) in [5.74, 6) is 0.740. The maximum absolute atomic E-state index is 5.84. The van der Waals surface area contributed by atoms with E-state index in [9.17, 15) is 0 Å². The molecule has 2 unspecified atom stereocenters. The molecule has 2 rings (SSSR count). The first-order valence-corrected chi connectivity index (χ1v) is 6.57. The van der Waals surface area contributed by atoms with Crippen molar-refractivity contribution in [1.82, 2.24) is 0 Å². The molecule has 1 aliphatic heterocycles. The van der Waals surface area contributed by atoms with Gasteiger partial charge in [-0.05, 0) is 37.8 Å². The molecule has 1 aliphatic rings. The lowest BCUT2D eigenvalue weighted by Gasteiger charge is -2.28. The van der Waals surface area contributed by atoms with Gasteiger partial charge in [0.05, 0.1) is 5.69 Å². The molecule has 3 heteroatoms. The molecule has 17 heavy (non-hydrogen) atoms. The number of aryl methyl sites for hydroxylation is 1. The minimum Gasteiger partial charge on any atom is -0.389 e. The standard InChI is InChI=1S/C14H20N2S/c1-9-7-11(3)16(8-9)13-10(2)5-4-6-12(13)14(15)17/h4-6,9,11H,7-8H2,1-3H3,(H2,15,17). The van der Waals surface area contributed by atoms with Crippen LogP contribution in [0.2, 0.25) is 0 Å². The van der Waals surface area contributed by atoms with Crippen molar-refractivity contribution < 1.29 is 0 Å². The van der Waals surface area contributed by atoms with Crippen molar-refractivity contribution in [1.29, 1.82) is 0 Å². The van der Waals surface area contributed by atoms with Crippen molar-refractivity contribution in [3.05, 3.63) is 29.3 Å². The fraction of sp³-hybridized carbons (Fsp3) is 0.500. The van der Waals surface area contributed by atoms with Crippen LogP contribution in [-0.2, 0) is 0 Å². The molecule has 1 aromatic carbocycles. The van der Waals surface area contributed by atoms with Gasteiger partial charge >= 0.3 is 0 Å². The van der Waals surface area contributed by atoms with Gasteiger partial charge in [0.25, 0.3) is 0 Å². The Bertz CT molecular complexity index is 442. The van der Waals surface area contributed by atoms with Crippen LogP contribution < -0.4 is 10.6 Å². The molecule has 1 heterocycles. The Balaban J connectivity index is 2.47. The molecule has 2 N–H and O–H groups in total. The third-order valence-electron chi connectivity index (χ3n) is 3.57. The Kier molecular flexibility index (Phi) is 3.38. The van der Waals surface area contributed by atoms with Gasteiger partial charge in [-0.15, -0.1) is 0 Å². The Morgan fingerprint density at radius 1 is 1.41 bits per heavy atom. The molecule has 0 bridgehead atoms. The molecular weight excluding hydrogens is 228 g/mol. The summed E-state index contributed by atoms with van der Waals surface area (Å²) < 4.78 is 0. The van der Waals surface area contributed by atoms with Crippen LogP contribution in [0.4, 0.5) is 5.69 Å². The van der Waals surface area contributed by atoms with Crippen molar-refractivity contribution in [2.45, 2.75) is 33.2 Å². The van der Waals surface area contributed by atoms with Crippen molar-refractivity contribution >= 4 is 22.9 Å². The predicted octanol–water partition coefficient (Wildman–Crippen LogP) is 2.86. The van der Waals surface area contributed by atoms with Gasteiger partial charge in [-0.25, -0.2) is 0 Å². The Labute approximate surface area is 109 Å². The minimum atomic E-state index is 0.496. The van der Waals surface area contributed by atoms with Crippen molar-refractivity contribution in [2.75, 3.05) is 11.4 Å². The molecule has 0 amide bonds. The first-order valence-electron chi connectivity index (χ1n) is 6.16. The highest BCUT2D eigenvalue weighted by Crippen LogP contribution is 2.33. The summed E-state index contributed by atoms with van der Waals surface area (Å²) in [7, 11) is 0. The predicted molar refractivity (Wildman–Crippen MR) is 77.7 cm³/mol. The highest BCUT2D eigenvalue weighted by Gasteiger charge is 2.28. The molecular formula is C14H20N2S. The first kappa shape index (κ1) is 12.4. The van der Waals surface area contributed by atoms with Crippen LogP contribution in [-0.4, -0.2) is 17.6 Å². The number of para-hydroxylation sites is 1. The number of hydrogen-bond donors (Lipinski definition) is 1. The van der Waals surface area contributed by atoms with E-state index in [-0.39, 0.29) is 0 Å². The molecule has 0 saturated carbocycles. The fourth-order valence-corrected chi connectivity index (χ4v) is 3.02. The summed E-state index contributed by atoms with van der Waals surface area (Å²) in [4.78, 5) is 2.95. The largest absolute Gasteiger partial charge is 0.389 e. The molecule has 92 valence electrons. The molecule has 2 atom stereocenters. The fourth-order valence-electron chi connectivity index (χ4n) is 2.85. The number of hydrogen-bond acceptors (Lipinski definition) is 2. The second-order valence-corrected chi connectivity index (χ2v) is 5.62. The molecule has 1 saturated heterocycles. The van der Waals surface area contributed by atoms with Gasteiger partial charge in [0.15, 0.2) is 0 Å². The molecule has 0 spiro atoms. The van der Waals surface area contributed by atoms with Crippen molar-refractivity contribution in [3.63, 3.8) is 0 Å². The second kappa shape index (κ2) is 4.65. The lowest BCUT2D eigenvalue weighted by molar-refractivity contribution is 0.625. The Morgan fingerprint density at radius 2 is 2.12 bits per heavy atom. The van der Waals surface area contributed by atoms with E-state index < -0.39 is 0 Å². The number of rotatable bonds is 2. The van der Waals surface area contributed by atoms with E-state index in [1.807, 2.05) is 12.1 Å². The summed E-state index contributed by atoms with van der Waals surface area (Å²) >= 11 is 5.16. The first-order chi connectivity index (χ1) is 8.00. The summed E-state index contributed by atoms with van der Waals surface area (Å²) in [6, 6.07) is 6.75. The Morgan fingerprint density at radius 3 is 2.65 bits per heavy atom. The van der Waals surface area contributed by atoms with Gasteiger partial charge < -0.3 is 10.6 Å². The summed E-state index contributed by atoms with van der Waals surface area (Å²) in [6.07, 6.45) is 1.24. The van der Waals surface area contributed by atoms with Gasteiger partial charge in [-0.1, -0.05) is 31.3 Å². The van der Waals surface area contributed by atoms with Crippen LogP contribution >= 0.6 is 12.2 Å². The third kappa shape index (κ3) is 2.29. The highest BCUT2D eigenvalue weighted by atomic mass is 32.1. The lowest BCUT2D eigenvalue weighted by atomic mass is 10.1. The van der Waals surface area contributed by atoms with Gasteiger partial charge in [0, 0.05) is 18.2 Å². The van der Waals surface area contributed by atoms with Crippen LogP contribution in [0.3, 0.4) is 0 Å². The average Bonchev–Trinajstić information content (AvgIpc) is 2.57. The van der Waals surface area contributed by atoms with Crippen LogP contribution in [0.5, 0.6) is 0 Å². The van der Waals surface area contributed by atoms with Crippen molar-refractivity contribution in [3.8, 4) is 0 Å². The quantitative estimate of drug-likeness (QED) is 0.816. The lowest BCUT2D eigenvalue weighted by Crippen LogP contribution is -2.30.